The Morgan fingerprint density at radius 3 is 2.43 bits per heavy atom. The summed E-state index contributed by atoms with van der Waals surface area (Å²) in [5.41, 5.74) is 6.18. The van der Waals surface area contributed by atoms with Gasteiger partial charge in [0.05, 0.1) is 11.4 Å². The van der Waals surface area contributed by atoms with E-state index in [9.17, 15) is 0 Å². The van der Waals surface area contributed by atoms with Crippen LogP contribution < -0.4 is 5.32 Å². The summed E-state index contributed by atoms with van der Waals surface area (Å²) in [5.74, 6) is 0.482. The van der Waals surface area contributed by atoms with Crippen LogP contribution in [0.1, 0.15) is 48.7 Å². The highest BCUT2D eigenvalue weighted by atomic mass is 15.3. The summed E-state index contributed by atoms with van der Waals surface area (Å²) in [5, 5.41) is 8.26. The van der Waals surface area contributed by atoms with Gasteiger partial charge in [-0.15, -0.1) is 0 Å². The van der Waals surface area contributed by atoms with E-state index in [1.807, 2.05) is 0 Å². The molecule has 1 aromatic heterocycles. The average Bonchev–Trinajstić information content (AvgIpc) is 2.75. The molecule has 3 nitrogen and oxygen atoms in total. The Labute approximate surface area is 128 Å². The lowest BCUT2D eigenvalue weighted by Gasteiger charge is -2.13. The fourth-order valence-electron chi connectivity index (χ4n) is 2.90. The average molecular weight is 285 g/mol. The molecule has 0 radical (unpaired) electrons. The van der Waals surface area contributed by atoms with Crippen molar-refractivity contribution in [2.24, 2.45) is 0 Å². The smallest absolute Gasteiger partial charge is 0.0649 e. The number of aryl methyl sites for hydroxylation is 2. The molecule has 0 aliphatic rings. The van der Waals surface area contributed by atoms with Crippen molar-refractivity contribution in [1.82, 2.24) is 15.1 Å². The molecular formula is C18H27N3. The Balaban J connectivity index is 2.26. The van der Waals surface area contributed by atoms with Gasteiger partial charge in [-0.05, 0) is 51.8 Å². The van der Waals surface area contributed by atoms with E-state index in [0.717, 1.165) is 24.5 Å². The number of nitrogens with one attached hydrogen (secondary N) is 1. The molecule has 2 aromatic rings. The lowest BCUT2D eigenvalue weighted by molar-refractivity contribution is 0.605. The monoisotopic (exact) mass is 285 g/mol. The van der Waals surface area contributed by atoms with Crippen LogP contribution in [0, 0.1) is 20.8 Å². The number of hydrogen-bond donors (Lipinski definition) is 1. The molecule has 0 fully saturated rings. The molecule has 1 N–H and O–H groups in total. The molecule has 1 aromatic carbocycles. The number of nitrogens with zero attached hydrogens (tertiary/aromatic N) is 2. The van der Waals surface area contributed by atoms with E-state index in [0.29, 0.717) is 5.92 Å². The van der Waals surface area contributed by atoms with Crippen molar-refractivity contribution in [3.05, 3.63) is 46.8 Å². The molecule has 0 saturated heterocycles. The molecule has 0 bridgehead atoms. The number of benzene rings is 1. The first-order chi connectivity index (χ1) is 10.0. The highest BCUT2D eigenvalue weighted by Gasteiger charge is 2.17. The molecule has 0 aliphatic carbocycles. The Kier molecular flexibility index (Phi) is 5.18. The number of aromatic nitrogens is 2. The van der Waals surface area contributed by atoms with Crippen LogP contribution in [0.3, 0.4) is 0 Å². The van der Waals surface area contributed by atoms with E-state index in [1.54, 1.807) is 0 Å². The second-order valence-electron chi connectivity index (χ2n) is 5.94. The molecule has 2 rings (SSSR count). The Morgan fingerprint density at radius 2 is 1.81 bits per heavy atom. The third kappa shape index (κ3) is 3.53. The van der Waals surface area contributed by atoms with Gasteiger partial charge >= 0.3 is 0 Å². The quantitative estimate of drug-likeness (QED) is 0.816. The van der Waals surface area contributed by atoms with Gasteiger partial charge in [-0.25, -0.2) is 4.68 Å². The predicted octanol–water partition coefficient (Wildman–Crippen LogP) is 3.90. The zero-order valence-corrected chi connectivity index (χ0v) is 13.9. The van der Waals surface area contributed by atoms with E-state index in [1.165, 1.54) is 23.2 Å². The van der Waals surface area contributed by atoms with Crippen LogP contribution in [-0.2, 0) is 0 Å². The zero-order valence-electron chi connectivity index (χ0n) is 13.9. The SMILES string of the molecule is CCCNCC(C)c1c(C)nn(-c2ccc(C)cc2)c1C. The molecule has 1 heterocycles. The Hall–Kier alpha value is -1.61. The maximum absolute atomic E-state index is 4.75. The van der Waals surface area contributed by atoms with Gasteiger partial charge < -0.3 is 5.32 Å². The van der Waals surface area contributed by atoms with Gasteiger partial charge in [-0.1, -0.05) is 31.5 Å². The maximum Gasteiger partial charge on any atom is 0.0649 e. The zero-order chi connectivity index (χ0) is 15.4. The van der Waals surface area contributed by atoms with Crippen LogP contribution in [0.4, 0.5) is 0 Å². The molecule has 0 saturated carbocycles. The molecule has 1 unspecified atom stereocenters. The predicted molar refractivity (Wildman–Crippen MR) is 89.4 cm³/mol. The summed E-state index contributed by atoms with van der Waals surface area (Å²) < 4.78 is 2.07. The highest BCUT2D eigenvalue weighted by molar-refractivity contribution is 5.39. The minimum atomic E-state index is 0.482. The summed E-state index contributed by atoms with van der Waals surface area (Å²) in [6.07, 6.45) is 1.17. The standard InChI is InChI=1S/C18H27N3/c1-6-11-19-12-14(3)18-15(4)20-21(16(18)5)17-9-7-13(2)8-10-17/h7-10,14,19H,6,11-12H2,1-5H3. The van der Waals surface area contributed by atoms with Crippen molar-refractivity contribution in [2.45, 2.75) is 47.0 Å². The third-order valence-electron chi connectivity index (χ3n) is 4.00. The minimum Gasteiger partial charge on any atom is -0.316 e. The van der Waals surface area contributed by atoms with E-state index in [2.05, 4.69) is 68.9 Å². The van der Waals surface area contributed by atoms with Crippen LogP contribution in [-0.4, -0.2) is 22.9 Å². The van der Waals surface area contributed by atoms with E-state index in [4.69, 9.17) is 5.10 Å². The van der Waals surface area contributed by atoms with Gasteiger partial charge in [-0.2, -0.15) is 5.10 Å². The first-order valence-corrected chi connectivity index (χ1v) is 7.88. The van der Waals surface area contributed by atoms with E-state index in [-0.39, 0.29) is 0 Å². The topological polar surface area (TPSA) is 29.9 Å². The van der Waals surface area contributed by atoms with Gasteiger partial charge in [0.2, 0.25) is 0 Å². The molecule has 0 aliphatic heterocycles. The first kappa shape index (κ1) is 15.8. The van der Waals surface area contributed by atoms with Crippen molar-refractivity contribution in [2.75, 3.05) is 13.1 Å². The number of hydrogen-bond acceptors (Lipinski definition) is 2. The van der Waals surface area contributed by atoms with Gasteiger partial charge in [0, 0.05) is 17.8 Å². The van der Waals surface area contributed by atoms with Crippen molar-refractivity contribution in [1.29, 1.82) is 0 Å². The molecule has 114 valence electrons. The van der Waals surface area contributed by atoms with Crippen molar-refractivity contribution in [3.63, 3.8) is 0 Å². The minimum absolute atomic E-state index is 0.482. The second-order valence-corrected chi connectivity index (χ2v) is 5.94. The Bertz CT molecular complexity index is 581. The van der Waals surface area contributed by atoms with Crippen molar-refractivity contribution in [3.8, 4) is 5.69 Å². The molecular weight excluding hydrogens is 258 g/mol. The summed E-state index contributed by atoms with van der Waals surface area (Å²) >= 11 is 0. The van der Waals surface area contributed by atoms with Gasteiger partial charge in [0.1, 0.15) is 0 Å². The maximum atomic E-state index is 4.75. The summed E-state index contributed by atoms with van der Waals surface area (Å²) in [6, 6.07) is 8.55. The van der Waals surface area contributed by atoms with Crippen LogP contribution in [0.5, 0.6) is 0 Å². The molecule has 21 heavy (non-hydrogen) atoms. The summed E-state index contributed by atoms with van der Waals surface area (Å²) in [4.78, 5) is 0. The lowest BCUT2D eigenvalue weighted by atomic mass is 9.99. The van der Waals surface area contributed by atoms with Crippen molar-refractivity contribution < 1.29 is 0 Å². The van der Waals surface area contributed by atoms with Gasteiger partial charge in [0.15, 0.2) is 0 Å². The van der Waals surface area contributed by atoms with Gasteiger partial charge in [-0.3, -0.25) is 0 Å². The van der Waals surface area contributed by atoms with E-state index < -0.39 is 0 Å². The summed E-state index contributed by atoms with van der Waals surface area (Å²) in [7, 11) is 0. The van der Waals surface area contributed by atoms with E-state index >= 15 is 0 Å². The van der Waals surface area contributed by atoms with Crippen LogP contribution in [0.2, 0.25) is 0 Å². The molecule has 0 spiro atoms. The molecule has 1 atom stereocenters. The summed E-state index contributed by atoms with van der Waals surface area (Å²) in [6.45, 7) is 13.0. The number of rotatable bonds is 6. The molecule has 3 heteroatoms. The highest BCUT2D eigenvalue weighted by Crippen LogP contribution is 2.25. The lowest BCUT2D eigenvalue weighted by Crippen LogP contribution is -2.21. The first-order valence-electron chi connectivity index (χ1n) is 7.88. The third-order valence-corrected chi connectivity index (χ3v) is 4.00. The largest absolute Gasteiger partial charge is 0.316 e. The van der Waals surface area contributed by atoms with Crippen LogP contribution in [0.15, 0.2) is 24.3 Å². The van der Waals surface area contributed by atoms with Crippen LogP contribution >= 0.6 is 0 Å². The normalized spacial score (nSPS) is 12.6. The molecule has 0 amide bonds. The fourth-order valence-corrected chi connectivity index (χ4v) is 2.90. The second kappa shape index (κ2) is 6.90. The van der Waals surface area contributed by atoms with Crippen LogP contribution in [0.25, 0.3) is 5.69 Å². The van der Waals surface area contributed by atoms with Gasteiger partial charge in [0.25, 0.3) is 0 Å². The Morgan fingerprint density at radius 1 is 1.14 bits per heavy atom. The fraction of sp³-hybridized carbons (Fsp3) is 0.500. The van der Waals surface area contributed by atoms with Crippen molar-refractivity contribution >= 4 is 0 Å².